The number of halogens is 1. The van der Waals surface area contributed by atoms with Gasteiger partial charge in [0.1, 0.15) is 11.8 Å². The Balaban J connectivity index is 2.27. The Morgan fingerprint density at radius 3 is 2.56 bits per heavy atom. The van der Waals surface area contributed by atoms with E-state index >= 15 is 0 Å². The Morgan fingerprint density at radius 1 is 1.39 bits per heavy atom. The molecule has 1 atom stereocenters. The molecule has 1 rings (SSSR count). The van der Waals surface area contributed by atoms with Gasteiger partial charge in [0, 0.05) is 4.47 Å². The maximum atomic E-state index is 11.3. The van der Waals surface area contributed by atoms with Gasteiger partial charge in [0.25, 0.3) is 0 Å². The standard InChI is InChI=1S/C12H14BrNO4/c1-8(12(16)17)14-11(15)6-7-18-10-4-2-9(13)3-5-10/h2-5,8H,6-7H2,1H3,(H,14,15)(H,16,17)/t8-/m0/s1. The summed E-state index contributed by atoms with van der Waals surface area (Å²) in [6.07, 6.45) is 0.119. The largest absolute Gasteiger partial charge is 0.493 e. The van der Waals surface area contributed by atoms with Gasteiger partial charge >= 0.3 is 5.97 Å². The highest BCUT2D eigenvalue weighted by atomic mass is 79.9. The Morgan fingerprint density at radius 2 is 2.00 bits per heavy atom. The number of hydrogen-bond acceptors (Lipinski definition) is 3. The topological polar surface area (TPSA) is 75.6 Å². The van der Waals surface area contributed by atoms with Crippen LogP contribution in [-0.4, -0.2) is 29.6 Å². The van der Waals surface area contributed by atoms with Crippen molar-refractivity contribution < 1.29 is 19.4 Å². The summed E-state index contributed by atoms with van der Waals surface area (Å²) in [6, 6.07) is 6.35. The first kappa shape index (κ1) is 14.5. The quantitative estimate of drug-likeness (QED) is 0.839. The van der Waals surface area contributed by atoms with E-state index < -0.39 is 12.0 Å². The molecule has 1 amide bonds. The molecule has 1 aromatic carbocycles. The summed E-state index contributed by atoms with van der Waals surface area (Å²) in [5.74, 6) is -0.739. The van der Waals surface area contributed by atoms with Crippen molar-refractivity contribution in [2.75, 3.05) is 6.61 Å². The predicted molar refractivity (Wildman–Crippen MR) is 69.5 cm³/mol. The van der Waals surface area contributed by atoms with Crippen LogP contribution in [0, 0.1) is 0 Å². The first-order valence-electron chi connectivity index (χ1n) is 5.39. The van der Waals surface area contributed by atoms with Crippen LogP contribution in [0.3, 0.4) is 0 Å². The van der Waals surface area contributed by atoms with Crippen LogP contribution >= 0.6 is 15.9 Å². The Bertz CT molecular complexity index is 419. The lowest BCUT2D eigenvalue weighted by Gasteiger charge is -2.10. The minimum absolute atomic E-state index is 0.119. The van der Waals surface area contributed by atoms with Gasteiger partial charge in [0.2, 0.25) is 5.91 Å². The summed E-state index contributed by atoms with van der Waals surface area (Å²) >= 11 is 3.30. The summed E-state index contributed by atoms with van der Waals surface area (Å²) in [5.41, 5.74) is 0. The van der Waals surface area contributed by atoms with E-state index in [0.717, 1.165) is 4.47 Å². The Kier molecular flexibility index (Phi) is 5.64. The number of carbonyl (C=O) groups excluding carboxylic acids is 1. The molecule has 18 heavy (non-hydrogen) atoms. The van der Waals surface area contributed by atoms with E-state index in [2.05, 4.69) is 21.2 Å². The van der Waals surface area contributed by atoms with Crippen molar-refractivity contribution in [1.29, 1.82) is 0 Å². The normalized spacial score (nSPS) is 11.7. The first-order valence-corrected chi connectivity index (χ1v) is 6.19. The van der Waals surface area contributed by atoms with Gasteiger partial charge < -0.3 is 15.2 Å². The molecule has 0 aliphatic heterocycles. The third kappa shape index (κ3) is 5.18. The third-order valence-corrected chi connectivity index (χ3v) is 2.69. The number of aliphatic carboxylic acids is 1. The molecule has 98 valence electrons. The molecule has 0 aromatic heterocycles. The van der Waals surface area contributed by atoms with Gasteiger partial charge in [-0.05, 0) is 31.2 Å². The van der Waals surface area contributed by atoms with Crippen LogP contribution in [-0.2, 0) is 9.59 Å². The van der Waals surface area contributed by atoms with Crippen molar-refractivity contribution in [2.45, 2.75) is 19.4 Å². The van der Waals surface area contributed by atoms with Gasteiger partial charge in [-0.1, -0.05) is 15.9 Å². The predicted octanol–water partition coefficient (Wildman–Crippen LogP) is 1.81. The molecular formula is C12H14BrNO4. The van der Waals surface area contributed by atoms with Crippen molar-refractivity contribution >= 4 is 27.8 Å². The van der Waals surface area contributed by atoms with Crippen LogP contribution in [0.4, 0.5) is 0 Å². The van der Waals surface area contributed by atoms with Gasteiger partial charge in [-0.3, -0.25) is 9.59 Å². The van der Waals surface area contributed by atoms with Crippen molar-refractivity contribution in [3.63, 3.8) is 0 Å². The molecule has 1 aromatic rings. The molecule has 0 unspecified atom stereocenters. The summed E-state index contributed by atoms with van der Waals surface area (Å²) in [6.45, 7) is 1.62. The number of carbonyl (C=O) groups is 2. The monoisotopic (exact) mass is 315 g/mol. The number of ether oxygens (including phenoxy) is 1. The van der Waals surface area contributed by atoms with Crippen molar-refractivity contribution in [3.05, 3.63) is 28.7 Å². The van der Waals surface area contributed by atoms with Crippen LogP contribution in [0.2, 0.25) is 0 Å². The summed E-state index contributed by atoms with van der Waals surface area (Å²) in [7, 11) is 0. The van der Waals surface area contributed by atoms with E-state index in [1.165, 1.54) is 6.92 Å². The number of carboxylic acids is 1. The van der Waals surface area contributed by atoms with Crippen LogP contribution in [0.25, 0.3) is 0 Å². The molecular weight excluding hydrogens is 302 g/mol. The Hall–Kier alpha value is -1.56. The molecule has 0 aliphatic carbocycles. The van der Waals surface area contributed by atoms with Gasteiger partial charge in [-0.15, -0.1) is 0 Å². The minimum Gasteiger partial charge on any atom is -0.493 e. The number of benzene rings is 1. The van der Waals surface area contributed by atoms with Crippen LogP contribution in [0.1, 0.15) is 13.3 Å². The minimum atomic E-state index is -1.06. The number of hydrogen-bond donors (Lipinski definition) is 2. The number of nitrogens with one attached hydrogen (secondary N) is 1. The molecule has 0 bridgehead atoms. The second-order valence-electron chi connectivity index (χ2n) is 3.68. The number of amides is 1. The zero-order valence-corrected chi connectivity index (χ0v) is 11.4. The van der Waals surface area contributed by atoms with E-state index in [1.807, 2.05) is 12.1 Å². The molecule has 2 N–H and O–H groups in total. The second kappa shape index (κ2) is 7.00. The maximum Gasteiger partial charge on any atom is 0.325 e. The zero-order chi connectivity index (χ0) is 13.5. The number of carboxylic acid groups (broad SMARTS) is 1. The summed E-state index contributed by atoms with van der Waals surface area (Å²) in [5, 5.41) is 11.0. The summed E-state index contributed by atoms with van der Waals surface area (Å²) in [4.78, 5) is 21.9. The van der Waals surface area contributed by atoms with Gasteiger partial charge in [0.15, 0.2) is 0 Å². The second-order valence-corrected chi connectivity index (χ2v) is 4.60. The number of rotatable bonds is 6. The van der Waals surface area contributed by atoms with Crippen molar-refractivity contribution in [2.24, 2.45) is 0 Å². The molecule has 0 saturated carbocycles. The van der Waals surface area contributed by atoms with Crippen molar-refractivity contribution in [3.8, 4) is 5.75 Å². The Labute approximate surface area is 113 Å². The molecule has 0 radical (unpaired) electrons. The average molecular weight is 316 g/mol. The van der Waals surface area contributed by atoms with Gasteiger partial charge in [0.05, 0.1) is 13.0 Å². The molecule has 0 heterocycles. The molecule has 0 fully saturated rings. The van der Waals surface area contributed by atoms with E-state index in [0.29, 0.717) is 5.75 Å². The molecule has 6 heteroatoms. The highest BCUT2D eigenvalue weighted by Crippen LogP contribution is 2.16. The molecule has 0 spiro atoms. The van der Waals surface area contributed by atoms with Gasteiger partial charge in [-0.25, -0.2) is 0 Å². The lowest BCUT2D eigenvalue weighted by atomic mass is 10.3. The van der Waals surface area contributed by atoms with Crippen LogP contribution in [0.5, 0.6) is 5.75 Å². The fourth-order valence-corrected chi connectivity index (χ4v) is 1.43. The maximum absolute atomic E-state index is 11.3. The van der Waals surface area contributed by atoms with Crippen LogP contribution in [0.15, 0.2) is 28.7 Å². The smallest absolute Gasteiger partial charge is 0.325 e. The lowest BCUT2D eigenvalue weighted by Crippen LogP contribution is -2.38. The lowest BCUT2D eigenvalue weighted by molar-refractivity contribution is -0.141. The van der Waals surface area contributed by atoms with Gasteiger partial charge in [-0.2, -0.15) is 0 Å². The molecule has 0 aliphatic rings. The van der Waals surface area contributed by atoms with Crippen LogP contribution < -0.4 is 10.1 Å². The zero-order valence-electron chi connectivity index (χ0n) is 9.85. The highest BCUT2D eigenvalue weighted by Gasteiger charge is 2.13. The van der Waals surface area contributed by atoms with Crippen molar-refractivity contribution in [1.82, 2.24) is 5.32 Å². The van der Waals surface area contributed by atoms with E-state index in [4.69, 9.17) is 9.84 Å². The summed E-state index contributed by atoms with van der Waals surface area (Å²) < 4.78 is 6.29. The van der Waals surface area contributed by atoms with E-state index in [1.54, 1.807) is 12.1 Å². The average Bonchev–Trinajstić information content (AvgIpc) is 2.31. The fourth-order valence-electron chi connectivity index (χ4n) is 1.17. The third-order valence-electron chi connectivity index (χ3n) is 2.16. The molecule has 5 nitrogen and oxygen atoms in total. The van der Waals surface area contributed by atoms with E-state index in [-0.39, 0.29) is 18.9 Å². The SMILES string of the molecule is C[C@H](NC(=O)CCOc1ccc(Br)cc1)C(=O)O. The highest BCUT2D eigenvalue weighted by molar-refractivity contribution is 9.10. The first-order chi connectivity index (χ1) is 8.49. The molecule has 0 saturated heterocycles. The van der Waals surface area contributed by atoms with E-state index in [9.17, 15) is 9.59 Å². The fraction of sp³-hybridized carbons (Fsp3) is 0.333.